The Hall–Kier alpha value is -3.30. The number of rotatable bonds is 3. The summed E-state index contributed by atoms with van der Waals surface area (Å²) in [7, 11) is 0. The summed E-state index contributed by atoms with van der Waals surface area (Å²) in [5.41, 5.74) is 2.48. The van der Waals surface area contributed by atoms with Crippen molar-refractivity contribution in [1.29, 1.82) is 0 Å². The third-order valence-electron chi connectivity index (χ3n) is 4.93. The molecular formula is C22H14FN3O3S2. The van der Waals surface area contributed by atoms with Gasteiger partial charge in [0.2, 0.25) is 0 Å². The number of amides is 2. The van der Waals surface area contributed by atoms with E-state index in [1.807, 2.05) is 30.3 Å². The van der Waals surface area contributed by atoms with E-state index in [-0.39, 0.29) is 30.7 Å². The minimum Gasteiger partial charge on any atom is -0.478 e. The van der Waals surface area contributed by atoms with Gasteiger partial charge in [0.05, 0.1) is 22.7 Å². The van der Waals surface area contributed by atoms with Crippen LogP contribution in [0, 0.1) is 5.82 Å². The molecule has 0 saturated carbocycles. The number of fused-ring (bicyclic) bond motifs is 2. The summed E-state index contributed by atoms with van der Waals surface area (Å²) in [6.45, 7) is 0.00480. The molecule has 2 amide bonds. The fourth-order valence-corrected chi connectivity index (χ4v) is 4.57. The van der Waals surface area contributed by atoms with Crippen molar-refractivity contribution in [3.8, 4) is 5.75 Å². The maximum Gasteiger partial charge on any atom is 0.265 e. The van der Waals surface area contributed by atoms with Gasteiger partial charge in [-0.25, -0.2) is 4.39 Å². The molecule has 3 heterocycles. The predicted molar refractivity (Wildman–Crippen MR) is 121 cm³/mol. The summed E-state index contributed by atoms with van der Waals surface area (Å²) < 4.78 is 20.5. The van der Waals surface area contributed by atoms with Crippen molar-refractivity contribution in [1.82, 2.24) is 10.3 Å². The molecule has 9 heteroatoms. The number of hydrogen-bond acceptors (Lipinski definition) is 6. The van der Waals surface area contributed by atoms with Crippen LogP contribution < -0.4 is 15.0 Å². The topological polar surface area (TPSA) is 71.5 Å². The Kier molecular flexibility index (Phi) is 4.91. The lowest BCUT2D eigenvalue weighted by molar-refractivity contribution is -0.121. The van der Waals surface area contributed by atoms with Crippen molar-refractivity contribution >= 4 is 62.8 Å². The minimum absolute atomic E-state index is 0.0169. The number of anilines is 1. The molecule has 5 rings (SSSR count). The molecular weight excluding hydrogens is 437 g/mol. The Morgan fingerprint density at radius 3 is 2.94 bits per heavy atom. The Labute approximate surface area is 186 Å². The van der Waals surface area contributed by atoms with Gasteiger partial charge in [-0.2, -0.15) is 0 Å². The van der Waals surface area contributed by atoms with Gasteiger partial charge in [0.1, 0.15) is 4.32 Å². The Morgan fingerprint density at radius 2 is 2.13 bits per heavy atom. The van der Waals surface area contributed by atoms with Crippen LogP contribution in [0.25, 0.3) is 17.0 Å². The maximum atomic E-state index is 14.8. The van der Waals surface area contributed by atoms with Crippen LogP contribution in [0.2, 0.25) is 0 Å². The number of halogens is 1. The second-order valence-corrected chi connectivity index (χ2v) is 8.72. The fraction of sp³-hybridized carbons (Fsp3) is 0.0909. The third-order valence-corrected chi connectivity index (χ3v) is 6.09. The molecule has 0 unspecified atom stereocenters. The second-order valence-electron chi connectivity index (χ2n) is 7.00. The van der Waals surface area contributed by atoms with Crippen molar-refractivity contribution in [3.63, 3.8) is 0 Å². The van der Waals surface area contributed by atoms with Crippen LogP contribution >= 0.6 is 24.0 Å². The third kappa shape index (κ3) is 3.77. The standard InChI is InChI=1S/C22H14FN3O3S2/c23-15-7-13(9-18-21(28)25-22(30)31-18)8-17-20(15)29-11-19(27)26(17)10-12-3-4-16-14(6-12)2-1-5-24-16/h1-9H,10-11H2,(H,25,28,30)/b18-9+. The quantitative estimate of drug-likeness (QED) is 0.483. The highest BCUT2D eigenvalue weighted by Crippen LogP contribution is 2.38. The number of aromatic nitrogens is 1. The number of thiocarbonyl (C=S) groups is 1. The first-order valence-electron chi connectivity index (χ1n) is 9.33. The zero-order valence-electron chi connectivity index (χ0n) is 15.9. The molecule has 0 aliphatic carbocycles. The average molecular weight is 452 g/mol. The SMILES string of the molecule is O=C1NC(=S)S/C1=C/c1cc(F)c2c(c1)N(Cc1ccc3ncccc3c1)C(=O)CO2. The first-order valence-corrected chi connectivity index (χ1v) is 10.6. The van der Waals surface area contributed by atoms with Crippen LogP contribution in [-0.2, 0) is 16.1 Å². The molecule has 1 fully saturated rings. The number of nitrogens with one attached hydrogen (secondary N) is 1. The van der Waals surface area contributed by atoms with Gasteiger partial charge in [-0.05, 0) is 47.5 Å². The van der Waals surface area contributed by atoms with Crippen LogP contribution in [-0.4, -0.2) is 27.7 Å². The van der Waals surface area contributed by atoms with Gasteiger partial charge in [-0.3, -0.25) is 14.6 Å². The average Bonchev–Trinajstić information content (AvgIpc) is 3.06. The summed E-state index contributed by atoms with van der Waals surface area (Å²) in [6.07, 6.45) is 3.26. The fourth-order valence-electron chi connectivity index (χ4n) is 3.52. The number of nitrogens with zero attached hydrogens (tertiary/aromatic N) is 2. The second kappa shape index (κ2) is 7.75. The van der Waals surface area contributed by atoms with E-state index in [1.54, 1.807) is 18.3 Å². The first kappa shape index (κ1) is 19.7. The van der Waals surface area contributed by atoms with Crippen molar-refractivity contribution in [2.45, 2.75) is 6.54 Å². The molecule has 0 bridgehead atoms. The van der Waals surface area contributed by atoms with E-state index in [4.69, 9.17) is 17.0 Å². The Balaban J connectivity index is 1.53. The molecule has 1 N–H and O–H groups in total. The molecule has 2 aliphatic rings. The molecule has 154 valence electrons. The van der Waals surface area contributed by atoms with E-state index in [2.05, 4.69) is 10.3 Å². The van der Waals surface area contributed by atoms with Crippen LogP contribution in [0.15, 0.2) is 53.6 Å². The largest absolute Gasteiger partial charge is 0.478 e. The summed E-state index contributed by atoms with van der Waals surface area (Å²) in [6, 6.07) is 12.4. The van der Waals surface area contributed by atoms with E-state index < -0.39 is 5.82 Å². The highest BCUT2D eigenvalue weighted by atomic mass is 32.2. The predicted octanol–water partition coefficient (Wildman–Crippen LogP) is 3.79. The molecule has 2 aromatic carbocycles. The number of carbonyl (C=O) groups excluding carboxylic acids is 2. The lowest BCUT2D eigenvalue weighted by atomic mass is 10.1. The van der Waals surface area contributed by atoms with E-state index in [0.29, 0.717) is 20.5 Å². The summed E-state index contributed by atoms with van der Waals surface area (Å²) >= 11 is 6.10. The molecule has 1 aromatic heterocycles. The number of benzene rings is 2. The monoisotopic (exact) mass is 451 g/mol. The van der Waals surface area contributed by atoms with Gasteiger partial charge in [-0.1, -0.05) is 36.1 Å². The zero-order chi connectivity index (χ0) is 21.5. The Bertz CT molecular complexity index is 1310. The minimum atomic E-state index is -0.601. The van der Waals surface area contributed by atoms with Crippen molar-refractivity contribution in [2.24, 2.45) is 0 Å². The normalized spacial score (nSPS) is 17.1. The molecule has 6 nitrogen and oxygen atoms in total. The lowest BCUT2D eigenvalue weighted by Crippen LogP contribution is -2.38. The summed E-state index contributed by atoms with van der Waals surface area (Å²) in [4.78, 5) is 30.8. The highest BCUT2D eigenvalue weighted by molar-refractivity contribution is 8.26. The van der Waals surface area contributed by atoms with Gasteiger partial charge in [-0.15, -0.1) is 0 Å². The van der Waals surface area contributed by atoms with Crippen molar-refractivity contribution in [3.05, 3.63) is 70.5 Å². The van der Waals surface area contributed by atoms with E-state index >= 15 is 0 Å². The number of pyridine rings is 1. The first-order chi connectivity index (χ1) is 15.0. The van der Waals surface area contributed by atoms with Gasteiger partial charge >= 0.3 is 0 Å². The molecule has 0 atom stereocenters. The molecule has 1 saturated heterocycles. The van der Waals surface area contributed by atoms with Gasteiger partial charge < -0.3 is 15.0 Å². The highest BCUT2D eigenvalue weighted by Gasteiger charge is 2.29. The van der Waals surface area contributed by atoms with E-state index in [0.717, 1.165) is 28.2 Å². The molecule has 31 heavy (non-hydrogen) atoms. The number of hydrogen-bond donors (Lipinski definition) is 1. The molecule has 0 radical (unpaired) electrons. The van der Waals surface area contributed by atoms with E-state index in [9.17, 15) is 14.0 Å². The number of ether oxygens (including phenoxy) is 1. The van der Waals surface area contributed by atoms with E-state index in [1.165, 1.54) is 11.0 Å². The number of carbonyl (C=O) groups is 2. The smallest absolute Gasteiger partial charge is 0.265 e. The number of thioether (sulfide) groups is 1. The van der Waals surface area contributed by atoms with Gasteiger partial charge in [0, 0.05) is 11.6 Å². The molecule has 2 aliphatic heterocycles. The zero-order valence-corrected chi connectivity index (χ0v) is 17.6. The lowest BCUT2D eigenvalue weighted by Gasteiger charge is -2.30. The van der Waals surface area contributed by atoms with Crippen molar-refractivity contribution < 1.29 is 18.7 Å². The van der Waals surface area contributed by atoms with Crippen LogP contribution in [0.5, 0.6) is 5.75 Å². The van der Waals surface area contributed by atoms with Crippen LogP contribution in [0.1, 0.15) is 11.1 Å². The summed E-state index contributed by atoms with van der Waals surface area (Å²) in [5, 5.41) is 3.48. The van der Waals surface area contributed by atoms with Crippen molar-refractivity contribution in [2.75, 3.05) is 11.5 Å². The van der Waals surface area contributed by atoms with Gasteiger partial charge in [0.15, 0.2) is 18.2 Å². The van der Waals surface area contributed by atoms with Crippen LogP contribution in [0.4, 0.5) is 10.1 Å². The molecule has 3 aromatic rings. The van der Waals surface area contributed by atoms with Crippen LogP contribution in [0.3, 0.4) is 0 Å². The molecule has 0 spiro atoms. The Morgan fingerprint density at radius 1 is 1.26 bits per heavy atom. The van der Waals surface area contributed by atoms with Gasteiger partial charge in [0.25, 0.3) is 11.8 Å². The summed E-state index contributed by atoms with van der Waals surface area (Å²) in [5.74, 6) is -1.20. The maximum absolute atomic E-state index is 14.8.